The lowest BCUT2D eigenvalue weighted by molar-refractivity contribution is -0.303. The lowest BCUT2D eigenvalue weighted by atomic mass is 9.48. The standard InChI is InChI=1S/C20H30O6.C16H26O5.C14H20O4.C13H18O5.C13H18O4S/c1-6-17(4,5)16(23)26-20-9-15-7-18(11-20,24-13(2)21)10-19(8-15,12-20)25-14(3)22;1-4-12(2,3)11(17)21-16-8-13(18)5-14(19,9-16)7-15(20,6-13)10-16;1-4-14(2,3)13(16)18-10-7-5-8-9(6-7)12(15)17-11(8)10;1-4-13(2,3)12(15)18-9-7-5-6-8(16-7)10(9)17-11(6)14;1-4-13(2,3)12(15)17-8-7-5-6-10(18-7)9(8)16-11(6)14/h15H,6-12H2,1-5H3;18-20H,4-10H2,1-3H3;7-11H,4-6H2,1-3H3;2*6-10H,4-5H2,1-3H3. The summed E-state index contributed by atoms with van der Waals surface area (Å²) in [6, 6.07) is 0. The first kappa shape index (κ1) is 77.0. The lowest BCUT2D eigenvalue weighted by Crippen LogP contribution is -2.72. The van der Waals surface area contributed by atoms with Crippen LogP contribution in [0.25, 0.3) is 0 Å². The molecule has 17 unspecified atom stereocenters. The fourth-order valence-corrected chi connectivity index (χ4v) is 21.6. The van der Waals surface area contributed by atoms with Crippen molar-refractivity contribution in [3.63, 3.8) is 0 Å². The number of aliphatic hydroxyl groups is 3. The molecule has 0 radical (unpaired) electrons. The van der Waals surface area contributed by atoms with Crippen LogP contribution in [0.15, 0.2) is 0 Å². The van der Waals surface area contributed by atoms with Gasteiger partial charge >= 0.3 is 59.7 Å². The fraction of sp³-hybridized carbons (Fsp3) is 0.868. The fourth-order valence-electron chi connectivity index (χ4n) is 19.7. The van der Waals surface area contributed by atoms with Gasteiger partial charge in [-0.15, -0.1) is 11.8 Å². The predicted octanol–water partition coefficient (Wildman–Crippen LogP) is 9.31. The molecule has 10 aliphatic carbocycles. The van der Waals surface area contributed by atoms with Crippen molar-refractivity contribution in [2.24, 2.45) is 62.6 Å². The number of esters is 10. The van der Waals surface area contributed by atoms with Crippen LogP contribution in [0.1, 0.15) is 253 Å². The van der Waals surface area contributed by atoms with Gasteiger partial charge in [-0.05, 0) is 152 Å². The molecule has 0 aromatic heterocycles. The predicted molar refractivity (Wildman–Crippen MR) is 360 cm³/mol. The number of ether oxygens (including phenoxy) is 11. The van der Waals surface area contributed by atoms with Gasteiger partial charge in [0, 0.05) is 88.7 Å². The smallest absolute Gasteiger partial charge is 0.312 e. The van der Waals surface area contributed by atoms with Gasteiger partial charge in [0.25, 0.3) is 0 Å². The van der Waals surface area contributed by atoms with Crippen LogP contribution in [0, 0.1) is 62.6 Å². The van der Waals surface area contributed by atoms with Crippen LogP contribution in [-0.2, 0) is 100 Å². The number of rotatable bonds is 17. The molecule has 0 amide bonds. The molecule has 566 valence electrons. The third-order valence-electron chi connectivity index (χ3n) is 26.1. The number of fused-ring (bicyclic) bond motifs is 3. The number of hydrogen-bond donors (Lipinski definition) is 3. The summed E-state index contributed by atoms with van der Waals surface area (Å²) < 4.78 is 61.9. The Morgan fingerprint density at radius 1 is 0.426 bits per heavy atom. The summed E-state index contributed by atoms with van der Waals surface area (Å²) in [6.45, 7) is 31.3. The Kier molecular flexibility index (Phi) is 20.2. The molecule has 7 aliphatic heterocycles. The molecule has 17 aliphatic rings. The summed E-state index contributed by atoms with van der Waals surface area (Å²) in [7, 11) is 0. The second-order valence-corrected chi connectivity index (χ2v) is 37.8. The minimum Gasteiger partial charge on any atom is -0.459 e. The molecule has 17 fully saturated rings. The molecule has 17 atom stereocenters. The van der Waals surface area contributed by atoms with Gasteiger partial charge in [0.2, 0.25) is 0 Å². The summed E-state index contributed by atoms with van der Waals surface area (Å²) >= 11 is 1.76. The van der Waals surface area contributed by atoms with Crippen molar-refractivity contribution in [2.75, 3.05) is 0 Å². The third-order valence-corrected chi connectivity index (χ3v) is 27.8. The number of carbonyl (C=O) groups is 10. The number of carbonyl (C=O) groups excluding carboxylic acids is 10. The maximum absolute atomic E-state index is 12.8. The topological polar surface area (TPSA) is 333 Å². The highest BCUT2D eigenvalue weighted by atomic mass is 32.2. The Bertz CT molecular complexity index is 3050. The van der Waals surface area contributed by atoms with Crippen LogP contribution in [0.2, 0.25) is 0 Å². The molecule has 0 spiro atoms. The second-order valence-electron chi connectivity index (χ2n) is 36.4. The van der Waals surface area contributed by atoms with Gasteiger partial charge in [0.15, 0.2) is 24.4 Å². The first-order valence-corrected chi connectivity index (χ1v) is 38.2. The van der Waals surface area contributed by atoms with E-state index >= 15 is 0 Å². The van der Waals surface area contributed by atoms with Crippen molar-refractivity contribution in [3.05, 3.63) is 0 Å². The van der Waals surface area contributed by atoms with Crippen molar-refractivity contribution in [1.29, 1.82) is 0 Å². The molecule has 101 heavy (non-hydrogen) atoms. The summed E-state index contributed by atoms with van der Waals surface area (Å²) in [6.07, 6.45) is 10.2. The molecule has 10 saturated carbocycles. The van der Waals surface area contributed by atoms with Gasteiger partial charge in [-0.2, -0.15) is 0 Å². The molecule has 7 heterocycles. The van der Waals surface area contributed by atoms with Crippen LogP contribution >= 0.6 is 11.8 Å². The Balaban J connectivity index is 0.000000128. The first-order valence-electron chi connectivity index (χ1n) is 37.3. The quantitative estimate of drug-likeness (QED) is 0.0901. The average molecular weight is 1440 g/mol. The minimum atomic E-state index is -1.13. The van der Waals surface area contributed by atoms with Crippen molar-refractivity contribution >= 4 is 71.5 Å². The van der Waals surface area contributed by atoms with E-state index < -0.39 is 78.5 Å². The largest absolute Gasteiger partial charge is 0.459 e. The van der Waals surface area contributed by atoms with Crippen LogP contribution in [0.4, 0.5) is 0 Å². The van der Waals surface area contributed by atoms with Gasteiger partial charge in [0.1, 0.15) is 40.7 Å². The van der Waals surface area contributed by atoms with E-state index in [1.807, 2.05) is 104 Å². The van der Waals surface area contributed by atoms with Gasteiger partial charge < -0.3 is 67.4 Å². The van der Waals surface area contributed by atoms with Gasteiger partial charge in [0.05, 0.1) is 73.0 Å². The normalized spacial score (nSPS) is 41.8. The van der Waals surface area contributed by atoms with Gasteiger partial charge in [-0.3, -0.25) is 47.9 Å². The number of thioether (sulfide) groups is 1. The maximum Gasteiger partial charge on any atom is 0.312 e. The van der Waals surface area contributed by atoms with Crippen LogP contribution in [0.5, 0.6) is 0 Å². The maximum atomic E-state index is 12.8. The highest BCUT2D eigenvalue weighted by molar-refractivity contribution is 8.01. The zero-order valence-corrected chi connectivity index (χ0v) is 63.2. The number of hydrogen-bond acceptors (Lipinski definition) is 25. The van der Waals surface area contributed by atoms with Crippen LogP contribution in [0.3, 0.4) is 0 Å². The third kappa shape index (κ3) is 14.6. The monoisotopic (exact) mass is 1440 g/mol. The van der Waals surface area contributed by atoms with Crippen LogP contribution in [-0.4, -0.2) is 174 Å². The summed E-state index contributed by atoms with van der Waals surface area (Å²) in [5.74, 6) is -1.42. The van der Waals surface area contributed by atoms with Gasteiger partial charge in [-0.1, -0.05) is 34.6 Å². The van der Waals surface area contributed by atoms with E-state index in [-0.39, 0.29) is 150 Å². The van der Waals surface area contributed by atoms with E-state index in [2.05, 4.69) is 0 Å². The SMILES string of the molecule is CCC(C)(C)C(=O)OC12CC3(O)CC(O)(CC(O)(C3)C1)C2.CCC(C)(C)C(=O)OC12CC3CC(OC(C)=O)(CC(OC(C)=O)(C3)C1)C2.CCC(C)(C)C(=O)OC1C2CC3C(=O)OC1C3C2.CCC(C)(C)C(=O)OC1C2CC3C(=O)OC1C3O2.CCC(C)(C)C(=O)OC1C2CC3C(=O)OC1C3S2. The Morgan fingerprint density at radius 2 is 0.812 bits per heavy atom. The summed E-state index contributed by atoms with van der Waals surface area (Å²) in [5, 5.41) is 32.4. The molecule has 3 N–H and O–H groups in total. The Hall–Kier alpha value is -5.11. The average Bonchev–Trinajstić information content (AvgIpc) is 1.70. The zero-order valence-electron chi connectivity index (χ0n) is 62.4. The van der Waals surface area contributed by atoms with Crippen LogP contribution < -0.4 is 0 Å². The van der Waals surface area contributed by atoms with E-state index in [1.54, 1.807) is 11.8 Å². The second kappa shape index (κ2) is 26.4. The van der Waals surface area contributed by atoms with E-state index in [0.717, 1.165) is 51.4 Å². The molecule has 0 aromatic carbocycles. The van der Waals surface area contributed by atoms with E-state index in [0.29, 0.717) is 76.0 Å². The molecule has 17 rings (SSSR count). The molecule has 14 bridgehead atoms. The van der Waals surface area contributed by atoms with Gasteiger partial charge in [-0.25, -0.2) is 0 Å². The van der Waals surface area contributed by atoms with E-state index in [4.69, 9.17) is 52.1 Å². The molecule has 0 aromatic rings. The highest BCUT2D eigenvalue weighted by Crippen LogP contribution is 2.65. The molecular formula is C76H112O24S. The van der Waals surface area contributed by atoms with Crippen molar-refractivity contribution in [1.82, 2.24) is 0 Å². The highest BCUT2D eigenvalue weighted by Gasteiger charge is 2.72. The van der Waals surface area contributed by atoms with E-state index in [1.165, 1.54) is 13.8 Å². The molecule has 24 nitrogen and oxygen atoms in total. The molecule has 7 saturated heterocycles. The Labute approximate surface area is 597 Å². The summed E-state index contributed by atoms with van der Waals surface area (Å²) in [4.78, 5) is 120. The summed E-state index contributed by atoms with van der Waals surface area (Å²) in [5.41, 5.74) is -9.08. The van der Waals surface area contributed by atoms with E-state index in [9.17, 15) is 63.3 Å². The first-order chi connectivity index (χ1) is 46.7. The lowest BCUT2D eigenvalue weighted by Gasteiger charge is -2.65. The van der Waals surface area contributed by atoms with Crippen molar-refractivity contribution in [2.45, 2.75) is 351 Å². The zero-order chi connectivity index (χ0) is 74.3. The van der Waals surface area contributed by atoms with Crippen molar-refractivity contribution < 1.29 is 115 Å². The molecule has 25 heteroatoms. The van der Waals surface area contributed by atoms with Crippen molar-refractivity contribution in [3.8, 4) is 0 Å². The Morgan fingerprint density at radius 3 is 1.27 bits per heavy atom. The molecular weight excluding hydrogens is 1330 g/mol. The minimum absolute atomic E-state index is 0.0409.